The highest BCUT2D eigenvalue weighted by atomic mass is 35.5. The Morgan fingerprint density at radius 2 is 2.11 bits per heavy atom. The number of piperidine rings is 1. The van der Waals surface area contributed by atoms with Crippen molar-refractivity contribution < 1.29 is 9.18 Å². The molecule has 0 saturated carbocycles. The number of hydrogen-bond acceptors (Lipinski definition) is 2. The molecule has 0 unspecified atom stereocenters. The van der Waals surface area contributed by atoms with Crippen LogP contribution in [0.25, 0.3) is 0 Å². The van der Waals surface area contributed by atoms with E-state index in [1.165, 1.54) is 18.2 Å². The molecular weight excluding hydrogens is 269 g/mol. The second-order valence-electron chi connectivity index (χ2n) is 4.80. The minimum atomic E-state index is -0.497. The lowest BCUT2D eigenvalue weighted by atomic mass is 10.1. The Morgan fingerprint density at radius 3 is 2.74 bits per heavy atom. The summed E-state index contributed by atoms with van der Waals surface area (Å²) in [4.78, 5) is 14.0. The lowest BCUT2D eigenvalue weighted by molar-refractivity contribution is 0.221. The number of hydrogen-bond donors (Lipinski definition) is 2. The highest BCUT2D eigenvalue weighted by Gasteiger charge is 2.18. The number of urea groups is 1. The molecule has 0 atom stereocenters. The highest BCUT2D eigenvalue weighted by Crippen LogP contribution is 2.19. The highest BCUT2D eigenvalue weighted by molar-refractivity contribution is 6.31. The number of rotatable bonds is 2. The number of nitrogens with one attached hydrogen (secondary N) is 2. The molecule has 0 aromatic heterocycles. The van der Waals surface area contributed by atoms with E-state index in [4.69, 9.17) is 11.6 Å². The van der Waals surface area contributed by atoms with Crippen molar-refractivity contribution in [3.63, 3.8) is 0 Å². The van der Waals surface area contributed by atoms with Crippen molar-refractivity contribution in [2.24, 2.45) is 0 Å². The minimum Gasteiger partial charge on any atom is -0.335 e. The lowest BCUT2D eigenvalue weighted by Gasteiger charge is -2.29. The molecule has 1 aromatic rings. The van der Waals surface area contributed by atoms with Crippen LogP contribution in [-0.4, -0.2) is 37.1 Å². The third-order valence-electron chi connectivity index (χ3n) is 3.23. The number of halogens is 2. The number of anilines is 1. The largest absolute Gasteiger partial charge is 0.335 e. The Hall–Kier alpha value is -1.33. The zero-order valence-electron chi connectivity index (χ0n) is 10.7. The van der Waals surface area contributed by atoms with Crippen molar-refractivity contribution in [1.82, 2.24) is 10.2 Å². The average molecular weight is 286 g/mol. The van der Waals surface area contributed by atoms with Crippen molar-refractivity contribution in [2.75, 3.05) is 25.5 Å². The summed E-state index contributed by atoms with van der Waals surface area (Å²) < 4.78 is 13.0. The van der Waals surface area contributed by atoms with Gasteiger partial charge in [-0.25, -0.2) is 9.18 Å². The molecule has 0 radical (unpaired) electrons. The normalized spacial score (nSPS) is 17.2. The van der Waals surface area contributed by atoms with Crippen LogP contribution in [0.15, 0.2) is 18.2 Å². The van der Waals surface area contributed by atoms with Gasteiger partial charge in [0.25, 0.3) is 0 Å². The lowest BCUT2D eigenvalue weighted by Crippen LogP contribution is -2.44. The van der Waals surface area contributed by atoms with Crippen LogP contribution in [0.1, 0.15) is 12.8 Å². The maximum atomic E-state index is 13.0. The van der Waals surface area contributed by atoms with E-state index in [9.17, 15) is 9.18 Å². The van der Waals surface area contributed by atoms with Gasteiger partial charge in [0.15, 0.2) is 0 Å². The second-order valence-corrected chi connectivity index (χ2v) is 5.21. The summed E-state index contributed by atoms with van der Waals surface area (Å²) in [6.07, 6.45) is 1.88. The van der Waals surface area contributed by atoms with E-state index in [2.05, 4.69) is 22.6 Å². The van der Waals surface area contributed by atoms with Gasteiger partial charge in [-0.15, -0.1) is 0 Å². The van der Waals surface area contributed by atoms with Gasteiger partial charge in [0, 0.05) is 11.7 Å². The first-order valence-corrected chi connectivity index (χ1v) is 6.63. The van der Waals surface area contributed by atoms with Gasteiger partial charge < -0.3 is 15.5 Å². The molecule has 2 rings (SSSR count). The molecule has 1 aliphatic rings. The Kier molecular flexibility index (Phi) is 4.61. The van der Waals surface area contributed by atoms with E-state index in [1.54, 1.807) is 0 Å². The molecule has 19 heavy (non-hydrogen) atoms. The molecule has 1 aliphatic heterocycles. The third-order valence-corrected chi connectivity index (χ3v) is 3.52. The SMILES string of the molecule is CN1CCC(NC(=O)Nc2ccc(F)c(Cl)c2)CC1. The summed E-state index contributed by atoms with van der Waals surface area (Å²) in [7, 11) is 2.07. The van der Waals surface area contributed by atoms with E-state index >= 15 is 0 Å². The third kappa shape index (κ3) is 4.08. The van der Waals surface area contributed by atoms with E-state index in [1.807, 2.05) is 0 Å². The topological polar surface area (TPSA) is 44.4 Å². The summed E-state index contributed by atoms with van der Waals surface area (Å²) in [6, 6.07) is 4.01. The van der Waals surface area contributed by atoms with E-state index in [-0.39, 0.29) is 17.1 Å². The van der Waals surface area contributed by atoms with Crippen LogP contribution in [-0.2, 0) is 0 Å². The first kappa shape index (κ1) is 14.1. The maximum absolute atomic E-state index is 13.0. The van der Waals surface area contributed by atoms with Crippen molar-refractivity contribution in [3.8, 4) is 0 Å². The molecule has 1 fully saturated rings. The minimum absolute atomic E-state index is 0.00269. The van der Waals surface area contributed by atoms with Crippen LogP contribution in [0.5, 0.6) is 0 Å². The number of carbonyl (C=O) groups excluding carboxylic acids is 1. The molecule has 4 nitrogen and oxygen atoms in total. The summed E-state index contributed by atoms with van der Waals surface area (Å²) in [6.45, 7) is 1.96. The first-order valence-electron chi connectivity index (χ1n) is 6.25. The molecular formula is C13H17ClFN3O. The van der Waals surface area contributed by atoms with Gasteiger partial charge in [0.1, 0.15) is 5.82 Å². The zero-order chi connectivity index (χ0) is 13.8. The predicted octanol–water partition coefficient (Wildman–Crippen LogP) is 2.69. The quantitative estimate of drug-likeness (QED) is 0.877. The fraction of sp³-hybridized carbons (Fsp3) is 0.462. The molecule has 2 amide bonds. The molecule has 0 bridgehead atoms. The molecule has 1 aromatic carbocycles. The number of nitrogens with zero attached hydrogens (tertiary/aromatic N) is 1. The molecule has 0 spiro atoms. The summed E-state index contributed by atoms with van der Waals surface area (Å²) in [5, 5.41) is 5.56. The van der Waals surface area contributed by atoms with Crippen molar-refractivity contribution >= 4 is 23.3 Å². The Labute approximate surface area is 116 Å². The number of benzene rings is 1. The number of amides is 2. The Bertz CT molecular complexity index is 461. The number of carbonyl (C=O) groups is 1. The molecule has 6 heteroatoms. The van der Waals surface area contributed by atoms with Gasteiger partial charge in [-0.2, -0.15) is 0 Å². The van der Waals surface area contributed by atoms with Crippen molar-refractivity contribution in [2.45, 2.75) is 18.9 Å². The van der Waals surface area contributed by atoms with Gasteiger partial charge in [-0.1, -0.05) is 11.6 Å². The van der Waals surface area contributed by atoms with Gasteiger partial charge in [0.2, 0.25) is 0 Å². The molecule has 1 saturated heterocycles. The van der Waals surface area contributed by atoms with Gasteiger partial charge in [-0.3, -0.25) is 0 Å². The van der Waals surface area contributed by atoms with Gasteiger partial charge in [0.05, 0.1) is 5.02 Å². The maximum Gasteiger partial charge on any atom is 0.319 e. The number of likely N-dealkylation sites (tertiary alicyclic amines) is 1. The fourth-order valence-electron chi connectivity index (χ4n) is 2.08. The van der Waals surface area contributed by atoms with Crippen LogP contribution in [0.4, 0.5) is 14.9 Å². The predicted molar refractivity (Wildman–Crippen MR) is 74.1 cm³/mol. The second kappa shape index (κ2) is 6.21. The van der Waals surface area contributed by atoms with Crippen LogP contribution in [0.3, 0.4) is 0 Å². The monoisotopic (exact) mass is 285 g/mol. The van der Waals surface area contributed by atoms with E-state index < -0.39 is 5.82 Å². The van der Waals surface area contributed by atoms with Gasteiger partial charge >= 0.3 is 6.03 Å². The van der Waals surface area contributed by atoms with Crippen molar-refractivity contribution in [1.29, 1.82) is 0 Å². The van der Waals surface area contributed by atoms with Crippen LogP contribution in [0.2, 0.25) is 5.02 Å². The smallest absolute Gasteiger partial charge is 0.319 e. The van der Waals surface area contributed by atoms with Crippen LogP contribution >= 0.6 is 11.6 Å². The molecule has 2 N–H and O–H groups in total. The summed E-state index contributed by atoms with van der Waals surface area (Å²) in [5.41, 5.74) is 0.483. The fourth-order valence-corrected chi connectivity index (χ4v) is 2.26. The molecule has 0 aliphatic carbocycles. The van der Waals surface area contributed by atoms with Crippen molar-refractivity contribution in [3.05, 3.63) is 29.0 Å². The Morgan fingerprint density at radius 1 is 1.42 bits per heavy atom. The van der Waals surface area contributed by atoms with E-state index in [0.29, 0.717) is 5.69 Å². The first-order chi connectivity index (χ1) is 9.04. The van der Waals surface area contributed by atoms with E-state index in [0.717, 1.165) is 25.9 Å². The summed E-state index contributed by atoms with van der Waals surface area (Å²) in [5.74, 6) is -0.497. The molecule has 1 heterocycles. The van der Waals surface area contributed by atoms with Crippen LogP contribution in [0, 0.1) is 5.82 Å². The average Bonchev–Trinajstić information content (AvgIpc) is 2.37. The van der Waals surface area contributed by atoms with Gasteiger partial charge in [-0.05, 0) is 51.2 Å². The summed E-state index contributed by atoms with van der Waals surface area (Å²) >= 11 is 5.65. The molecule has 104 valence electrons. The Balaban J connectivity index is 1.85. The van der Waals surface area contributed by atoms with Crippen LogP contribution < -0.4 is 10.6 Å². The zero-order valence-corrected chi connectivity index (χ0v) is 11.5. The standard InChI is InChI=1S/C13H17ClFN3O/c1-18-6-4-9(5-7-18)16-13(19)17-10-2-3-12(15)11(14)8-10/h2-3,8-9H,4-7H2,1H3,(H2,16,17,19).